The molecule has 3 rings (SSSR count). The van der Waals surface area contributed by atoms with E-state index in [-0.39, 0.29) is 17.2 Å². The lowest BCUT2D eigenvalue weighted by molar-refractivity contribution is -0.117. The minimum absolute atomic E-state index is 0.0232. The van der Waals surface area contributed by atoms with Gasteiger partial charge in [-0.3, -0.25) is 9.59 Å². The van der Waals surface area contributed by atoms with Crippen LogP contribution >= 0.6 is 11.3 Å². The molecule has 0 fully saturated rings. The molecule has 7 nitrogen and oxygen atoms in total. The zero-order valence-electron chi connectivity index (χ0n) is 16.0. The topological polar surface area (TPSA) is 111 Å². The summed E-state index contributed by atoms with van der Waals surface area (Å²) in [6, 6.07) is 14.8. The molecule has 0 unspecified atom stereocenters. The van der Waals surface area contributed by atoms with Crippen molar-refractivity contribution in [3.05, 3.63) is 87.2 Å². The van der Waals surface area contributed by atoms with Crippen LogP contribution in [0.3, 0.4) is 0 Å². The molecule has 2 amide bonds. The van der Waals surface area contributed by atoms with Crippen molar-refractivity contribution in [2.45, 2.75) is 6.92 Å². The van der Waals surface area contributed by atoms with Crippen molar-refractivity contribution in [1.82, 2.24) is 10.7 Å². The highest BCUT2D eigenvalue weighted by molar-refractivity contribution is 7.10. The van der Waals surface area contributed by atoms with Crippen molar-refractivity contribution in [3.63, 3.8) is 0 Å². The Morgan fingerprint density at radius 1 is 1.07 bits per heavy atom. The van der Waals surface area contributed by atoms with Gasteiger partial charge in [-0.25, -0.2) is 5.43 Å². The number of aryl methyl sites for hydroxylation is 1. The molecule has 0 aliphatic heterocycles. The number of carbonyl (C=O) groups excluding carboxylic acids is 2. The number of nitrogens with zero attached hydrogens (tertiary/aromatic N) is 1. The van der Waals surface area contributed by atoms with Gasteiger partial charge >= 0.3 is 0 Å². The van der Waals surface area contributed by atoms with Crippen molar-refractivity contribution in [1.29, 1.82) is 0 Å². The van der Waals surface area contributed by atoms with Crippen LogP contribution in [0.25, 0.3) is 6.08 Å². The van der Waals surface area contributed by atoms with Gasteiger partial charge in [0.05, 0.1) is 6.21 Å². The number of phenols is 2. The summed E-state index contributed by atoms with van der Waals surface area (Å²) in [5.74, 6) is -1.29. The molecule has 4 N–H and O–H groups in total. The van der Waals surface area contributed by atoms with Gasteiger partial charge < -0.3 is 15.5 Å². The molecule has 152 valence electrons. The highest BCUT2D eigenvalue weighted by Crippen LogP contribution is 2.25. The molecular weight excluding hydrogens is 402 g/mol. The molecule has 1 heterocycles. The minimum atomic E-state index is -0.625. The van der Waals surface area contributed by atoms with E-state index in [1.807, 2.05) is 17.5 Å². The van der Waals surface area contributed by atoms with E-state index < -0.39 is 11.8 Å². The van der Waals surface area contributed by atoms with Gasteiger partial charge in [0.2, 0.25) is 0 Å². The molecule has 0 radical (unpaired) electrons. The number of hydrogen-bond acceptors (Lipinski definition) is 6. The molecule has 0 saturated carbocycles. The summed E-state index contributed by atoms with van der Waals surface area (Å²) in [5.41, 5.74) is 3.72. The molecule has 1 aromatic heterocycles. The van der Waals surface area contributed by atoms with Crippen molar-refractivity contribution in [2.24, 2.45) is 5.10 Å². The number of aromatic hydroxyl groups is 2. The molecule has 0 atom stereocenters. The van der Waals surface area contributed by atoms with Crippen LogP contribution in [0.1, 0.15) is 26.4 Å². The molecular formula is C22H19N3O4S. The molecule has 0 aliphatic rings. The zero-order chi connectivity index (χ0) is 21.5. The van der Waals surface area contributed by atoms with Crippen LogP contribution in [0.2, 0.25) is 0 Å². The van der Waals surface area contributed by atoms with Gasteiger partial charge in [-0.2, -0.15) is 5.10 Å². The quantitative estimate of drug-likeness (QED) is 0.278. The van der Waals surface area contributed by atoms with E-state index in [1.54, 1.807) is 43.3 Å². The zero-order valence-corrected chi connectivity index (χ0v) is 16.8. The van der Waals surface area contributed by atoms with E-state index in [0.717, 1.165) is 4.88 Å². The fraction of sp³-hybridized carbons (Fsp3) is 0.0455. The largest absolute Gasteiger partial charge is 0.508 e. The molecule has 0 saturated heterocycles. The standard InChI is InChI=1S/C22H19N3O4S/c1-14-10-16(26)11-20(27)18(14)13-23-25-22(29)19(12-17-8-5-9-30-17)24-21(28)15-6-3-2-4-7-15/h2-13,26-27H,1H3,(H,24,28)(H,25,29). The third-order valence-electron chi connectivity index (χ3n) is 4.07. The first kappa shape index (κ1) is 20.8. The SMILES string of the molecule is Cc1cc(O)cc(O)c1C=NNC(=O)C(=Cc1cccs1)NC(=O)c1ccccc1. The number of phenolic OH excluding ortho intramolecular Hbond substituents is 2. The Bertz CT molecular complexity index is 1080. The van der Waals surface area contributed by atoms with E-state index in [0.29, 0.717) is 16.7 Å². The molecule has 2 aromatic carbocycles. The summed E-state index contributed by atoms with van der Waals surface area (Å²) < 4.78 is 0. The van der Waals surface area contributed by atoms with Crippen LogP contribution in [-0.2, 0) is 4.79 Å². The third kappa shape index (κ3) is 5.33. The van der Waals surface area contributed by atoms with E-state index in [2.05, 4.69) is 15.8 Å². The van der Waals surface area contributed by atoms with Gasteiger partial charge in [0.25, 0.3) is 11.8 Å². The number of amides is 2. The number of rotatable bonds is 6. The predicted octanol–water partition coefficient (Wildman–Crippen LogP) is 3.39. The number of thiophene rings is 1. The van der Waals surface area contributed by atoms with Gasteiger partial charge in [0.15, 0.2) is 0 Å². The summed E-state index contributed by atoms with van der Waals surface area (Å²) in [4.78, 5) is 25.9. The number of nitrogens with one attached hydrogen (secondary N) is 2. The van der Waals surface area contributed by atoms with Gasteiger partial charge in [0.1, 0.15) is 17.2 Å². The van der Waals surface area contributed by atoms with Gasteiger partial charge in [-0.15, -0.1) is 11.3 Å². The van der Waals surface area contributed by atoms with Crippen LogP contribution < -0.4 is 10.7 Å². The van der Waals surface area contributed by atoms with Crippen LogP contribution in [0, 0.1) is 6.92 Å². The summed E-state index contributed by atoms with van der Waals surface area (Å²) in [6.45, 7) is 1.69. The third-order valence-corrected chi connectivity index (χ3v) is 4.89. The lowest BCUT2D eigenvalue weighted by Crippen LogP contribution is -2.32. The Hall–Kier alpha value is -3.91. The fourth-order valence-electron chi connectivity index (χ4n) is 2.60. The van der Waals surface area contributed by atoms with E-state index >= 15 is 0 Å². The monoisotopic (exact) mass is 421 g/mol. The summed E-state index contributed by atoms with van der Waals surface area (Å²) in [7, 11) is 0. The minimum Gasteiger partial charge on any atom is -0.508 e. The summed E-state index contributed by atoms with van der Waals surface area (Å²) in [5, 5.41) is 27.8. The maximum atomic E-state index is 12.6. The van der Waals surface area contributed by atoms with Crippen molar-refractivity contribution < 1.29 is 19.8 Å². The summed E-state index contributed by atoms with van der Waals surface area (Å²) in [6.07, 6.45) is 2.82. The van der Waals surface area contributed by atoms with Crippen molar-refractivity contribution >= 4 is 35.4 Å². The Balaban J connectivity index is 1.78. The Morgan fingerprint density at radius 2 is 1.83 bits per heavy atom. The second-order valence-corrected chi connectivity index (χ2v) is 7.27. The van der Waals surface area contributed by atoms with E-state index in [4.69, 9.17) is 0 Å². The molecule has 30 heavy (non-hydrogen) atoms. The number of carbonyl (C=O) groups is 2. The molecule has 3 aromatic rings. The second-order valence-electron chi connectivity index (χ2n) is 6.29. The molecule has 0 spiro atoms. The lowest BCUT2D eigenvalue weighted by atomic mass is 10.1. The Kier molecular flexibility index (Phi) is 6.61. The first-order chi connectivity index (χ1) is 14.4. The average molecular weight is 421 g/mol. The molecule has 8 heteroatoms. The summed E-state index contributed by atoms with van der Waals surface area (Å²) >= 11 is 1.41. The van der Waals surface area contributed by atoms with Gasteiger partial charge in [0, 0.05) is 22.1 Å². The van der Waals surface area contributed by atoms with Crippen molar-refractivity contribution in [3.8, 4) is 11.5 Å². The van der Waals surface area contributed by atoms with Crippen LogP contribution in [0.5, 0.6) is 11.5 Å². The number of benzene rings is 2. The average Bonchev–Trinajstić information content (AvgIpc) is 3.23. The highest BCUT2D eigenvalue weighted by atomic mass is 32.1. The first-order valence-corrected chi connectivity index (χ1v) is 9.79. The van der Waals surface area contributed by atoms with E-state index in [9.17, 15) is 19.8 Å². The normalized spacial score (nSPS) is 11.4. The van der Waals surface area contributed by atoms with Crippen LogP contribution in [-0.4, -0.2) is 28.2 Å². The molecule has 0 bridgehead atoms. The van der Waals surface area contributed by atoms with E-state index in [1.165, 1.54) is 29.7 Å². The predicted molar refractivity (Wildman–Crippen MR) is 116 cm³/mol. The smallest absolute Gasteiger partial charge is 0.287 e. The van der Waals surface area contributed by atoms with Crippen LogP contribution in [0.4, 0.5) is 0 Å². The number of hydrazone groups is 1. The fourth-order valence-corrected chi connectivity index (χ4v) is 3.26. The molecule has 0 aliphatic carbocycles. The number of hydrogen-bond donors (Lipinski definition) is 4. The van der Waals surface area contributed by atoms with Gasteiger partial charge in [-0.05, 0) is 48.2 Å². The first-order valence-electron chi connectivity index (χ1n) is 8.91. The lowest BCUT2D eigenvalue weighted by Gasteiger charge is -2.09. The maximum Gasteiger partial charge on any atom is 0.287 e. The van der Waals surface area contributed by atoms with Crippen LogP contribution in [0.15, 0.2) is 70.8 Å². The van der Waals surface area contributed by atoms with Gasteiger partial charge in [-0.1, -0.05) is 24.3 Å². The highest BCUT2D eigenvalue weighted by Gasteiger charge is 2.14. The second kappa shape index (κ2) is 9.53. The Morgan fingerprint density at radius 3 is 2.50 bits per heavy atom. The Labute approximate surface area is 177 Å². The van der Waals surface area contributed by atoms with Crippen molar-refractivity contribution in [2.75, 3.05) is 0 Å². The maximum absolute atomic E-state index is 12.6.